The summed E-state index contributed by atoms with van der Waals surface area (Å²) in [7, 11) is 0. The molecule has 0 unspecified atom stereocenters. The van der Waals surface area contributed by atoms with E-state index >= 15 is 0 Å². The van der Waals surface area contributed by atoms with Crippen LogP contribution in [0.25, 0.3) is 0 Å². The van der Waals surface area contributed by atoms with E-state index in [-0.39, 0.29) is 6.54 Å². The molecule has 2 aromatic rings. The molecule has 0 saturated carbocycles. The average molecular weight is 220 g/mol. The van der Waals surface area contributed by atoms with Gasteiger partial charge in [-0.2, -0.15) is 0 Å². The number of aromatic amines is 1. The Hall–Kier alpha value is -2.44. The van der Waals surface area contributed by atoms with Crippen molar-refractivity contribution in [2.45, 2.75) is 6.54 Å². The van der Waals surface area contributed by atoms with Crippen molar-refractivity contribution in [2.24, 2.45) is 0 Å². The lowest BCUT2D eigenvalue weighted by Crippen LogP contribution is -2.29. The summed E-state index contributed by atoms with van der Waals surface area (Å²) in [6.45, 7) is 0.0734. The molecule has 0 radical (unpaired) electrons. The maximum atomic E-state index is 11.4. The van der Waals surface area contributed by atoms with Crippen LogP contribution in [-0.4, -0.2) is 24.6 Å². The van der Waals surface area contributed by atoms with E-state index in [0.717, 1.165) is 10.6 Å². The third-order valence-electron chi connectivity index (χ3n) is 1.98. The van der Waals surface area contributed by atoms with Crippen LogP contribution in [0.5, 0.6) is 5.88 Å². The molecule has 2 heterocycles. The van der Waals surface area contributed by atoms with E-state index in [2.05, 4.69) is 9.97 Å². The molecule has 0 aromatic carbocycles. The van der Waals surface area contributed by atoms with Crippen LogP contribution in [-0.2, 0) is 6.54 Å². The van der Waals surface area contributed by atoms with E-state index in [1.165, 1.54) is 12.5 Å². The summed E-state index contributed by atoms with van der Waals surface area (Å²) < 4.78 is 1.00. The van der Waals surface area contributed by atoms with Gasteiger partial charge in [0.15, 0.2) is 0 Å². The maximum Gasteiger partial charge on any atom is 0.331 e. The van der Waals surface area contributed by atoms with Crippen LogP contribution in [0.3, 0.4) is 0 Å². The van der Waals surface area contributed by atoms with Gasteiger partial charge in [-0.25, -0.2) is 14.8 Å². The number of aromatic hydroxyl groups is 1. The Morgan fingerprint density at radius 3 is 2.88 bits per heavy atom. The standard InChI is InChI=1S/C9H8N4O3/c14-7-3-8(15)13(9(16)12-7)4-6-1-2-10-5-11-6/h1-3,5,15H,4H2,(H,12,14,16). The van der Waals surface area contributed by atoms with E-state index in [4.69, 9.17) is 0 Å². The zero-order valence-electron chi connectivity index (χ0n) is 8.12. The Balaban J connectivity index is 2.43. The van der Waals surface area contributed by atoms with E-state index in [9.17, 15) is 14.7 Å². The molecule has 7 heteroatoms. The lowest BCUT2D eigenvalue weighted by Gasteiger charge is -2.05. The molecule has 2 aromatic heterocycles. The first kappa shape index (κ1) is 10.1. The van der Waals surface area contributed by atoms with Crippen LogP contribution in [0.15, 0.2) is 34.2 Å². The molecule has 0 atom stereocenters. The van der Waals surface area contributed by atoms with E-state index in [0.29, 0.717) is 5.69 Å². The number of nitrogens with one attached hydrogen (secondary N) is 1. The predicted octanol–water partition coefficient (Wildman–Crippen LogP) is -0.920. The second kappa shape index (κ2) is 3.97. The highest BCUT2D eigenvalue weighted by Gasteiger charge is 2.05. The minimum atomic E-state index is -0.677. The van der Waals surface area contributed by atoms with Gasteiger partial charge in [0, 0.05) is 6.20 Å². The molecule has 7 nitrogen and oxygen atoms in total. The fourth-order valence-electron chi connectivity index (χ4n) is 1.23. The number of rotatable bonds is 2. The van der Waals surface area contributed by atoms with Crippen molar-refractivity contribution in [3.05, 3.63) is 51.2 Å². The highest BCUT2D eigenvalue weighted by molar-refractivity contribution is 5.09. The summed E-state index contributed by atoms with van der Waals surface area (Å²) in [5.74, 6) is -0.396. The summed E-state index contributed by atoms with van der Waals surface area (Å²) in [6.07, 6.45) is 2.86. The van der Waals surface area contributed by atoms with Crippen molar-refractivity contribution in [2.75, 3.05) is 0 Å². The zero-order valence-corrected chi connectivity index (χ0v) is 8.12. The lowest BCUT2D eigenvalue weighted by atomic mass is 10.4. The Labute approximate surface area is 89.1 Å². The van der Waals surface area contributed by atoms with Crippen LogP contribution in [0, 0.1) is 0 Å². The summed E-state index contributed by atoms with van der Waals surface area (Å²) in [5, 5.41) is 9.43. The molecule has 2 rings (SSSR count). The second-order valence-electron chi connectivity index (χ2n) is 3.08. The number of hydrogen-bond donors (Lipinski definition) is 2. The van der Waals surface area contributed by atoms with Gasteiger partial charge < -0.3 is 5.11 Å². The third kappa shape index (κ3) is 1.97. The molecule has 0 fully saturated rings. The van der Waals surface area contributed by atoms with Crippen LogP contribution < -0.4 is 11.2 Å². The molecular weight excluding hydrogens is 212 g/mol. The Morgan fingerprint density at radius 2 is 2.25 bits per heavy atom. The van der Waals surface area contributed by atoms with Crippen LogP contribution in [0.1, 0.15) is 5.69 Å². The van der Waals surface area contributed by atoms with E-state index in [1.807, 2.05) is 4.98 Å². The van der Waals surface area contributed by atoms with Gasteiger partial charge in [0.25, 0.3) is 5.56 Å². The molecule has 0 amide bonds. The van der Waals surface area contributed by atoms with Crippen LogP contribution in [0.4, 0.5) is 0 Å². The van der Waals surface area contributed by atoms with Gasteiger partial charge in [0.05, 0.1) is 18.3 Å². The first-order valence-electron chi connectivity index (χ1n) is 4.45. The predicted molar refractivity (Wildman–Crippen MR) is 54.1 cm³/mol. The maximum absolute atomic E-state index is 11.4. The topological polar surface area (TPSA) is 101 Å². The molecular formula is C9H8N4O3. The van der Waals surface area contributed by atoms with Gasteiger partial charge in [-0.1, -0.05) is 0 Å². The fourth-order valence-corrected chi connectivity index (χ4v) is 1.23. The highest BCUT2D eigenvalue weighted by Crippen LogP contribution is 2.03. The van der Waals surface area contributed by atoms with Crippen molar-refractivity contribution in [1.29, 1.82) is 0 Å². The molecule has 0 bridgehead atoms. The van der Waals surface area contributed by atoms with E-state index < -0.39 is 17.1 Å². The Morgan fingerprint density at radius 1 is 1.44 bits per heavy atom. The first-order valence-corrected chi connectivity index (χ1v) is 4.45. The summed E-state index contributed by atoms with van der Waals surface area (Å²) in [4.78, 5) is 31.9. The van der Waals surface area contributed by atoms with Gasteiger partial charge in [-0.15, -0.1) is 0 Å². The third-order valence-corrected chi connectivity index (χ3v) is 1.98. The minimum Gasteiger partial charge on any atom is -0.494 e. The Bertz CT molecular complexity index is 602. The number of H-pyrrole nitrogens is 1. The van der Waals surface area contributed by atoms with Crippen molar-refractivity contribution < 1.29 is 5.11 Å². The SMILES string of the molecule is O=c1cc(O)n(Cc2ccncn2)c(=O)[nH]1. The molecule has 2 N–H and O–H groups in total. The first-order chi connectivity index (χ1) is 7.66. The van der Waals surface area contributed by atoms with Gasteiger partial charge in [-0.05, 0) is 6.07 Å². The normalized spacial score (nSPS) is 10.2. The van der Waals surface area contributed by atoms with Gasteiger partial charge in [0.2, 0.25) is 5.88 Å². The highest BCUT2D eigenvalue weighted by atomic mass is 16.3. The van der Waals surface area contributed by atoms with Crippen LogP contribution in [0.2, 0.25) is 0 Å². The van der Waals surface area contributed by atoms with Crippen molar-refractivity contribution >= 4 is 0 Å². The smallest absolute Gasteiger partial charge is 0.331 e. The number of hydrogen-bond acceptors (Lipinski definition) is 5. The summed E-state index contributed by atoms with van der Waals surface area (Å²) in [5.41, 5.74) is -0.760. The van der Waals surface area contributed by atoms with Gasteiger partial charge >= 0.3 is 5.69 Å². The minimum absolute atomic E-state index is 0.0734. The number of nitrogens with zero attached hydrogens (tertiary/aromatic N) is 3. The Kier molecular flexibility index (Phi) is 2.50. The molecule has 0 aliphatic carbocycles. The summed E-state index contributed by atoms with van der Waals surface area (Å²) in [6, 6.07) is 2.54. The molecule has 0 saturated heterocycles. The monoisotopic (exact) mass is 220 g/mol. The quantitative estimate of drug-likeness (QED) is 0.681. The van der Waals surface area contributed by atoms with E-state index in [1.54, 1.807) is 6.07 Å². The van der Waals surface area contributed by atoms with Gasteiger partial charge in [-0.3, -0.25) is 14.3 Å². The molecule has 0 aliphatic rings. The average Bonchev–Trinajstić information content (AvgIpc) is 2.25. The van der Waals surface area contributed by atoms with Gasteiger partial charge in [0.1, 0.15) is 6.33 Å². The van der Waals surface area contributed by atoms with Crippen LogP contribution >= 0.6 is 0 Å². The summed E-state index contributed by atoms with van der Waals surface area (Å²) >= 11 is 0. The zero-order chi connectivity index (χ0) is 11.5. The molecule has 16 heavy (non-hydrogen) atoms. The lowest BCUT2D eigenvalue weighted by molar-refractivity contribution is 0.408. The molecule has 0 spiro atoms. The molecule has 82 valence electrons. The number of aromatic nitrogens is 4. The molecule has 0 aliphatic heterocycles. The van der Waals surface area contributed by atoms with Crippen molar-refractivity contribution in [1.82, 2.24) is 19.5 Å². The largest absolute Gasteiger partial charge is 0.494 e. The van der Waals surface area contributed by atoms with Crippen molar-refractivity contribution in [3.8, 4) is 5.88 Å². The van der Waals surface area contributed by atoms with Crippen molar-refractivity contribution in [3.63, 3.8) is 0 Å². The second-order valence-corrected chi connectivity index (χ2v) is 3.08. The fraction of sp³-hybridized carbons (Fsp3) is 0.111.